The van der Waals surface area contributed by atoms with Gasteiger partial charge in [0.15, 0.2) is 5.82 Å². The molecule has 1 aromatic carbocycles. The number of hydrogen-bond donors (Lipinski definition) is 1. The van der Waals surface area contributed by atoms with E-state index in [0.717, 1.165) is 12.0 Å². The van der Waals surface area contributed by atoms with Gasteiger partial charge in [-0.15, -0.1) is 0 Å². The molecule has 2 atom stereocenters. The van der Waals surface area contributed by atoms with Crippen LogP contribution in [0, 0.1) is 12.8 Å². The molecule has 1 saturated carbocycles. The Hall–Kier alpha value is -2.17. The van der Waals surface area contributed by atoms with Gasteiger partial charge in [-0.2, -0.15) is 4.98 Å². The molecule has 1 aliphatic carbocycles. The van der Waals surface area contributed by atoms with Gasteiger partial charge in [-0.25, -0.2) is 0 Å². The molecule has 0 spiro atoms. The molecule has 2 aromatic rings. The number of nitrogens with one attached hydrogen (secondary N) is 1. The Labute approximate surface area is 142 Å². The van der Waals surface area contributed by atoms with Crippen molar-refractivity contribution in [2.24, 2.45) is 5.92 Å². The van der Waals surface area contributed by atoms with Crippen LogP contribution in [0.3, 0.4) is 0 Å². The van der Waals surface area contributed by atoms with Crippen LogP contribution in [0.1, 0.15) is 61.6 Å². The molecule has 5 heteroatoms. The van der Waals surface area contributed by atoms with Crippen LogP contribution in [0.4, 0.5) is 0 Å². The van der Waals surface area contributed by atoms with Crippen molar-refractivity contribution >= 4 is 5.91 Å². The fraction of sp³-hybridized carbons (Fsp3) is 0.526. The van der Waals surface area contributed by atoms with Crippen LogP contribution in [0.5, 0.6) is 0 Å². The van der Waals surface area contributed by atoms with Gasteiger partial charge < -0.3 is 9.84 Å². The van der Waals surface area contributed by atoms with E-state index in [1.807, 2.05) is 24.3 Å². The second kappa shape index (κ2) is 7.60. The minimum atomic E-state index is 0.0108. The van der Waals surface area contributed by atoms with Gasteiger partial charge in [-0.3, -0.25) is 4.79 Å². The summed E-state index contributed by atoms with van der Waals surface area (Å²) in [7, 11) is 0. The molecule has 1 heterocycles. The van der Waals surface area contributed by atoms with Crippen LogP contribution < -0.4 is 5.32 Å². The Bertz CT molecular complexity index is 678. The highest BCUT2D eigenvalue weighted by molar-refractivity contribution is 5.94. The normalized spacial score (nSPS) is 20.2. The van der Waals surface area contributed by atoms with E-state index in [1.165, 1.54) is 32.1 Å². The Morgan fingerprint density at radius 2 is 2.08 bits per heavy atom. The van der Waals surface area contributed by atoms with E-state index >= 15 is 0 Å². The molecule has 2 unspecified atom stereocenters. The van der Waals surface area contributed by atoms with Crippen LogP contribution in [0.25, 0.3) is 11.5 Å². The number of carbonyl (C=O) groups excluding carboxylic acids is 1. The lowest BCUT2D eigenvalue weighted by Crippen LogP contribution is -2.37. The molecule has 3 rings (SSSR count). The lowest BCUT2D eigenvalue weighted by Gasteiger charge is -2.21. The first-order valence-electron chi connectivity index (χ1n) is 8.89. The number of aromatic nitrogens is 2. The number of carbonyl (C=O) groups is 1. The predicted molar refractivity (Wildman–Crippen MR) is 92.6 cm³/mol. The number of unbranched alkanes of at least 4 members (excludes halogenated alkanes) is 1. The number of amides is 1. The number of aryl methyl sites for hydroxylation is 1. The molecule has 24 heavy (non-hydrogen) atoms. The van der Waals surface area contributed by atoms with Crippen molar-refractivity contribution in [3.8, 4) is 11.5 Å². The van der Waals surface area contributed by atoms with Gasteiger partial charge in [-0.1, -0.05) is 31.3 Å². The molecule has 5 nitrogen and oxygen atoms in total. The lowest BCUT2D eigenvalue weighted by molar-refractivity contribution is 0.0926. The molecule has 0 saturated heterocycles. The molecular formula is C19H25N3O2. The van der Waals surface area contributed by atoms with E-state index < -0.39 is 0 Å². The third-order valence-corrected chi connectivity index (χ3v) is 4.83. The molecule has 128 valence electrons. The van der Waals surface area contributed by atoms with E-state index in [0.29, 0.717) is 29.2 Å². The van der Waals surface area contributed by atoms with Crippen LogP contribution >= 0.6 is 0 Å². The van der Waals surface area contributed by atoms with Crippen molar-refractivity contribution in [2.75, 3.05) is 0 Å². The Balaban J connectivity index is 1.62. The first kappa shape index (κ1) is 16.7. The topological polar surface area (TPSA) is 68.0 Å². The van der Waals surface area contributed by atoms with E-state index in [4.69, 9.17) is 4.52 Å². The van der Waals surface area contributed by atoms with Crippen molar-refractivity contribution in [3.05, 3.63) is 35.7 Å². The lowest BCUT2D eigenvalue weighted by atomic mass is 9.96. The summed E-state index contributed by atoms with van der Waals surface area (Å²) in [5, 5.41) is 7.01. The largest absolute Gasteiger partial charge is 0.349 e. The maximum Gasteiger partial charge on any atom is 0.257 e. The van der Waals surface area contributed by atoms with Gasteiger partial charge in [0.05, 0.1) is 0 Å². The van der Waals surface area contributed by atoms with Gasteiger partial charge in [0.25, 0.3) is 11.8 Å². The fourth-order valence-corrected chi connectivity index (χ4v) is 3.47. The molecular weight excluding hydrogens is 302 g/mol. The molecule has 1 aromatic heterocycles. The van der Waals surface area contributed by atoms with Crippen molar-refractivity contribution in [3.63, 3.8) is 0 Å². The van der Waals surface area contributed by atoms with Crippen molar-refractivity contribution in [2.45, 2.75) is 58.4 Å². The van der Waals surface area contributed by atoms with E-state index in [1.54, 1.807) is 6.92 Å². The van der Waals surface area contributed by atoms with Gasteiger partial charge in [0.2, 0.25) is 0 Å². The van der Waals surface area contributed by atoms with Gasteiger partial charge in [0, 0.05) is 17.2 Å². The summed E-state index contributed by atoms with van der Waals surface area (Å²) in [6.45, 7) is 4.00. The highest BCUT2D eigenvalue weighted by Crippen LogP contribution is 2.30. The first-order valence-corrected chi connectivity index (χ1v) is 8.89. The zero-order chi connectivity index (χ0) is 16.9. The molecule has 0 aliphatic heterocycles. The average molecular weight is 327 g/mol. The van der Waals surface area contributed by atoms with E-state index in [2.05, 4.69) is 22.4 Å². The van der Waals surface area contributed by atoms with E-state index in [9.17, 15) is 4.79 Å². The quantitative estimate of drug-likeness (QED) is 0.866. The van der Waals surface area contributed by atoms with Crippen LogP contribution in [0.15, 0.2) is 28.8 Å². The second-order valence-corrected chi connectivity index (χ2v) is 6.64. The Kier molecular flexibility index (Phi) is 5.28. The SMILES string of the molecule is CCCCC1CCCC1NC(=O)c1ccc(-c2nc(C)no2)cc1. The Morgan fingerprint density at radius 1 is 1.29 bits per heavy atom. The second-order valence-electron chi connectivity index (χ2n) is 6.64. The summed E-state index contributed by atoms with van der Waals surface area (Å²) in [6.07, 6.45) is 7.23. The molecule has 1 N–H and O–H groups in total. The van der Waals surface area contributed by atoms with Crippen molar-refractivity contribution in [1.29, 1.82) is 0 Å². The summed E-state index contributed by atoms with van der Waals surface area (Å²) >= 11 is 0. The fourth-order valence-electron chi connectivity index (χ4n) is 3.47. The van der Waals surface area contributed by atoms with Gasteiger partial charge in [0.1, 0.15) is 0 Å². The minimum absolute atomic E-state index is 0.0108. The van der Waals surface area contributed by atoms with Crippen LogP contribution in [-0.4, -0.2) is 22.1 Å². The molecule has 1 aliphatic rings. The zero-order valence-corrected chi connectivity index (χ0v) is 14.4. The van der Waals surface area contributed by atoms with Crippen molar-refractivity contribution < 1.29 is 9.32 Å². The van der Waals surface area contributed by atoms with Gasteiger partial charge in [-0.05, 0) is 56.4 Å². The number of hydrogen-bond acceptors (Lipinski definition) is 4. The highest BCUT2D eigenvalue weighted by Gasteiger charge is 2.28. The monoisotopic (exact) mass is 327 g/mol. The maximum absolute atomic E-state index is 12.5. The zero-order valence-electron chi connectivity index (χ0n) is 14.4. The molecule has 0 radical (unpaired) electrons. The van der Waals surface area contributed by atoms with Crippen molar-refractivity contribution in [1.82, 2.24) is 15.5 Å². The predicted octanol–water partition coefficient (Wildman–Crippen LogP) is 4.13. The third-order valence-electron chi connectivity index (χ3n) is 4.83. The Morgan fingerprint density at radius 3 is 2.75 bits per heavy atom. The number of nitrogens with zero attached hydrogens (tertiary/aromatic N) is 2. The molecule has 1 fully saturated rings. The first-order chi connectivity index (χ1) is 11.7. The standard InChI is InChI=1S/C19H25N3O2/c1-3-4-6-14-7-5-8-17(14)21-18(23)15-9-11-16(12-10-15)19-20-13(2)22-24-19/h9-12,14,17H,3-8H2,1-2H3,(H,21,23). The van der Waals surface area contributed by atoms with Crippen LogP contribution in [-0.2, 0) is 0 Å². The summed E-state index contributed by atoms with van der Waals surface area (Å²) in [4.78, 5) is 16.7. The maximum atomic E-state index is 12.5. The summed E-state index contributed by atoms with van der Waals surface area (Å²) < 4.78 is 5.15. The van der Waals surface area contributed by atoms with Crippen LogP contribution in [0.2, 0.25) is 0 Å². The highest BCUT2D eigenvalue weighted by atomic mass is 16.5. The smallest absolute Gasteiger partial charge is 0.257 e. The average Bonchev–Trinajstić information content (AvgIpc) is 3.22. The van der Waals surface area contributed by atoms with Gasteiger partial charge >= 0.3 is 0 Å². The summed E-state index contributed by atoms with van der Waals surface area (Å²) in [5.74, 6) is 1.73. The molecule has 1 amide bonds. The number of benzene rings is 1. The minimum Gasteiger partial charge on any atom is -0.349 e. The van der Waals surface area contributed by atoms with E-state index in [-0.39, 0.29) is 5.91 Å². The molecule has 0 bridgehead atoms. The third kappa shape index (κ3) is 3.83. The summed E-state index contributed by atoms with van der Waals surface area (Å²) in [5.41, 5.74) is 1.50. The number of rotatable bonds is 6. The summed E-state index contributed by atoms with van der Waals surface area (Å²) in [6, 6.07) is 7.67.